The van der Waals surface area contributed by atoms with Crippen LogP contribution < -0.4 is 10.1 Å². The van der Waals surface area contributed by atoms with Gasteiger partial charge in [0, 0.05) is 18.1 Å². The number of halogens is 4. The maximum absolute atomic E-state index is 13.0. The molecule has 3 rings (SSSR count). The van der Waals surface area contributed by atoms with E-state index >= 15 is 0 Å². The first-order valence-electron chi connectivity index (χ1n) is 8.98. The third-order valence-corrected chi connectivity index (χ3v) is 5.71. The van der Waals surface area contributed by atoms with E-state index in [9.17, 15) is 18.0 Å². The number of benzene rings is 1. The number of amides is 1. The Bertz CT molecular complexity index is 870. The van der Waals surface area contributed by atoms with Crippen molar-refractivity contribution in [3.05, 3.63) is 45.7 Å². The van der Waals surface area contributed by atoms with Crippen molar-refractivity contribution in [2.75, 3.05) is 5.32 Å². The molecule has 4 nitrogen and oxygen atoms in total. The highest BCUT2D eigenvalue weighted by molar-refractivity contribution is 7.07. The van der Waals surface area contributed by atoms with Gasteiger partial charge in [0.25, 0.3) is 0 Å². The van der Waals surface area contributed by atoms with Gasteiger partial charge in [-0.15, -0.1) is 23.7 Å². The number of carbonyl (C=O) groups is 1. The molecule has 1 aromatic heterocycles. The zero-order valence-corrected chi connectivity index (χ0v) is 17.1. The van der Waals surface area contributed by atoms with Crippen molar-refractivity contribution in [1.29, 1.82) is 0 Å². The summed E-state index contributed by atoms with van der Waals surface area (Å²) in [6, 6.07) is 5.32. The lowest BCUT2D eigenvalue weighted by Crippen LogP contribution is -2.23. The van der Waals surface area contributed by atoms with E-state index in [0.717, 1.165) is 29.4 Å². The molecule has 1 amide bonds. The average Bonchev–Trinajstić information content (AvgIpc) is 2.95. The van der Waals surface area contributed by atoms with Gasteiger partial charge in [-0.2, -0.15) is 13.2 Å². The van der Waals surface area contributed by atoms with Crippen LogP contribution in [0.25, 0.3) is 0 Å². The standard InChI is InChI=1S/C19H22F3N3OS.ClH/c1-25-14(12-27-18(25)23-13-7-3-2-4-8-13)11-17(26)24-16-10-6-5-9-15(16)19(20,21)22;/h5-6,9-10,12-13H,2-4,7-8,11H2,1H3,(H,24,26);1H. The lowest BCUT2D eigenvalue weighted by Gasteiger charge is -2.16. The van der Waals surface area contributed by atoms with E-state index in [1.807, 2.05) is 17.0 Å². The summed E-state index contributed by atoms with van der Waals surface area (Å²) in [5, 5.41) is 4.23. The van der Waals surface area contributed by atoms with Crippen LogP contribution in [0.4, 0.5) is 18.9 Å². The quantitative estimate of drug-likeness (QED) is 0.729. The summed E-state index contributed by atoms with van der Waals surface area (Å²) in [7, 11) is 1.84. The van der Waals surface area contributed by atoms with Crippen LogP contribution in [0, 0.1) is 0 Å². The molecule has 1 heterocycles. The molecule has 0 aliphatic heterocycles. The van der Waals surface area contributed by atoms with E-state index in [4.69, 9.17) is 4.99 Å². The number of anilines is 1. The van der Waals surface area contributed by atoms with Gasteiger partial charge in [0.15, 0.2) is 4.80 Å². The van der Waals surface area contributed by atoms with E-state index in [2.05, 4.69) is 5.32 Å². The molecule has 0 spiro atoms. The molecule has 28 heavy (non-hydrogen) atoms. The fourth-order valence-electron chi connectivity index (χ4n) is 3.24. The molecule has 1 aliphatic rings. The van der Waals surface area contributed by atoms with E-state index in [1.54, 1.807) is 0 Å². The predicted octanol–water partition coefficient (Wildman–Crippen LogP) is 4.94. The van der Waals surface area contributed by atoms with Crippen molar-refractivity contribution in [3.8, 4) is 0 Å². The highest BCUT2D eigenvalue weighted by Gasteiger charge is 2.33. The molecule has 9 heteroatoms. The van der Waals surface area contributed by atoms with Crippen molar-refractivity contribution in [3.63, 3.8) is 0 Å². The zero-order chi connectivity index (χ0) is 19.4. The van der Waals surface area contributed by atoms with Gasteiger partial charge in [0.05, 0.1) is 23.7 Å². The molecule has 0 bridgehead atoms. The monoisotopic (exact) mass is 433 g/mol. The molecule has 1 aliphatic carbocycles. The van der Waals surface area contributed by atoms with Crippen molar-refractivity contribution >= 4 is 35.3 Å². The Morgan fingerprint density at radius 3 is 2.61 bits per heavy atom. The first kappa shape index (κ1) is 22.5. The van der Waals surface area contributed by atoms with E-state index in [0.29, 0.717) is 6.04 Å². The smallest absolute Gasteiger partial charge is 0.325 e. The number of hydrogen-bond donors (Lipinski definition) is 1. The topological polar surface area (TPSA) is 46.4 Å². The molecule has 1 N–H and O–H groups in total. The molecule has 0 saturated heterocycles. The summed E-state index contributed by atoms with van der Waals surface area (Å²) >= 11 is 1.46. The maximum atomic E-state index is 13.0. The second-order valence-corrected chi connectivity index (χ2v) is 7.59. The van der Waals surface area contributed by atoms with Crippen LogP contribution in [0.3, 0.4) is 0 Å². The van der Waals surface area contributed by atoms with Gasteiger partial charge >= 0.3 is 6.18 Å². The molecule has 0 atom stereocenters. The van der Waals surface area contributed by atoms with Crippen molar-refractivity contribution in [2.45, 2.75) is 50.7 Å². The molecular weight excluding hydrogens is 411 g/mol. The minimum Gasteiger partial charge on any atom is -0.325 e. The number of aromatic nitrogens is 1. The third-order valence-electron chi connectivity index (χ3n) is 4.73. The molecule has 0 radical (unpaired) electrons. The lowest BCUT2D eigenvalue weighted by molar-refractivity contribution is -0.137. The number of alkyl halides is 3. The largest absolute Gasteiger partial charge is 0.418 e. The Labute approximate surface area is 171 Å². The number of carbonyl (C=O) groups excluding carboxylic acids is 1. The summed E-state index contributed by atoms with van der Waals surface area (Å²) in [6.45, 7) is 0. The second kappa shape index (κ2) is 9.60. The van der Waals surface area contributed by atoms with Crippen LogP contribution in [0.15, 0.2) is 34.6 Å². The van der Waals surface area contributed by atoms with Gasteiger partial charge < -0.3 is 9.88 Å². The predicted molar refractivity (Wildman–Crippen MR) is 107 cm³/mol. The van der Waals surface area contributed by atoms with E-state index in [1.165, 1.54) is 48.8 Å². The van der Waals surface area contributed by atoms with Gasteiger partial charge in [0.1, 0.15) is 0 Å². The molecule has 0 unspecified atom stereocenters. The van der Waals surface area contributed by atoms with Gasteiger partial charge in [-0.3, -0.25) is 9.79 Å². The number of para-hydroxylation sites is 1. The molecule has 1 fully saturated rings. The zero-order valence-electron chi connectivity index (χ0n) is 15.5. The summed E-state index contributed by atoms with van der Waals surface area (Å²) in [6.07, 6.45) is 1.30. The molecule has 1 aromatic carbocycles. The fraction of sp³-hybridized carbons (Fsp3) is 0.474. The Morgan fingerprint density at radius 1 is 1.25 bits per heavy atom. The van der Waals surface area contributed by atoms with Crippen LogP contribution in [-0.2, 0) is 24.4 Å². The lowest BCUT2D eigenvalue weighted by atomic mass is 9.96. The summed E-state index contributed by atoms with van der Waals surface area (Å²) in [4.78, 5) is 17.9. The number of rotatable bonds is 4. The first-order valence-corrected chi connectivity index (χ1v) is 9.86. The summed E-state index contributed by atoms with van der Waals surface area (Å²) in [5.74, 6) is -0.482. The molecule has 154 valence electrons. The summed E-state index contributed by atoms with van der Waals surface area (Å²) in [5.41, 5.74) is -0.336. The highest BCUT2D eigenvalue weighted by atomic mass is 35.5. The Balaban J connectivity index is 0.00000280. The second-order valence-electron chi connectivity index (χ2n) is 6.76. The van der Waals surface area contributed by atoms with Crippen LogP contribution in [0.2, 0.25) is 0 Å². The maximum Gasteiger partial charge on any atom is 0.418 e. The van der Waals surface area contributed by atoms with E-state index in [-0.39, 0.29) is 24.5 Å². The number of nitrogens with zero attached hydrogens (tertiary/aromatic N) is 2. The number of nitrogens with one attached hydrogen (secondary N) is 1. The number of thiazole rings is 1. The van der Waals surface area contributed by atoms with Crippen LogP contribution in [-0.4, -0.2) is 16.5 Å². The van der Waals surface area contributed by atoms with Gasteiger partial charge in [-0.05, 0) is 25.0 Å². The van der Waals surface area contributed by atoms with Gasteiger partial charge in [-0.25, -0.2) is 0 Å². The SMILES string of the molecule is Cl.Cn1c(CC(=O)Nc2ccccc2C(F)(F)F)csc1=NC1CCCCC1. The van der Waals surface area contributed by atoms with Crippen LogP contribution in [0.5, 0.6) is 0 Å². The van der Waals surface area contributed by atoms with Crippen molar-refractivity contribution < 1.29 is 18.0 Å². The fourth-order valence-corrected chi connectivity index (χ4v) is 4.21. The molecule has 1 saturated carbocycles. The minimum absolute atomic E-state index is 0. The van der Waals surface area contributed by atoms with Crippen LogP contribution >= 0.6 is 23.7 Å². The van der Waals surface area contributed by atoms with Crippen molar-refractivity contribution in [2.24, 2.45) is 12.0 Å². The minimum atomic E-state index is -4.51. The average molecular weight is 434 g/mol. The number of hydrogen-bond acceptors (Lipinski definition) is 3. The Hall–Kier alpha value is -1.80. The van der Waals surface area contributed by atoms with Gasteiger partial charge in [0.2, 0.25) is 5.91 Å². The summed E-state index contributed by atoms with van der Waals surface area (Å²) < 4.78 is 41.0. The highest BCUT2D eigenvalue weighted by Crippen LogP contribution is 2.34. The normalized spacial score (nSPS) is 15.9. The van der Waals surface area contributed by atoms with Gasteiger partial charge in [-0.1, -0.05) is 31.4 Å². The first-order chi connectivity index (χ1) is 12.8. The Kier molecular flexibility index (Phi) is 7.71. The van der Waals surface area contributed by atoms with E-state index < -0.39 is 17.6 Å². The van der Waals surface area contributed by atoms with Crippen LogP contribution in [0.1, 0.15) is 43.4 Å². The van der Waals surface area contributed by atoms with Crippen molar-refractivity contribution in [1.82, 2.24) is 4.57 Å². The molecular formula is C19H23ClF3N3OS. The third kappa shape index (κ3) is 5.61. The molecule has 2 aromatic rings. The Morgan fingerprint density at radius 2 is 1.93 bits per heavy atom.